The second kappa shape index (κ2) is 10.2. The summed E-state index contributed by atoms with van der Waals surface area (Å²) in [6.07, 6.45) is 5.04. The summed E-state index contributed by atoms with van der Waals surface area (Å²) < 4.78 is 0. The lowest BCUT2D eigenvalue weighted by Gasteiger charge is -2.38. The van der Waals surface area contributed by atoms with E-state index in [1.165, 1.54) is 0 Å². The number of aryl methyl sites for hydroxylation is 2. The van der Waals surface area contributed by atoms with Crippen molar-refractivity contribution >= 4 is 17.5 Å². The van der Waals surface area contributed by atoms with Crippen molar-refractivity contribution in [3.63, 3.8) is 0 Å². The molecule has 0 unspecified atom stereocenters. The molecule has 0 aliphatic carbocycles. The van der Waals surface area contributed by atoms with Crippen molar-refractivity contribution in [1.82, 2.24) is 25.2 Å². The van der Waals surface area contributed by atoms with Crippen molar-refractivity contribution in [1.29, 1.82) is 0 Å². The van der Waals surface area contributed by atoms with E-state index in [2.05, 4.69) is 32.5 Å². The maximum absolute atomic E-state index is 13.3. The number of rotatable bonds is 6. The number of hydrogen-bond donors (Lipinski definition) is 2. The van der Waals surface area contributed by atoms with Crippen LogP contribution in [0.3, 0.4) is 0 Å². The lowest BCUT2D eigenvalue weighted by molar-refractivity contribution is 0.0671. The highest BCUT2D eigenvalue weighted by molar-refractivity contribution is 5.95. The third-order valence-electron chi connectivity index (χ3n) is 6.70. The van der Waals surface area contributed by atoms with Crippen LogP contribution in [0.1, 0.15) is 63.3 Å². The van der Waals surface area contributed by atoms with Gasteiger partial charge in [0.05, 0.1) is 0 Å². The van der Waals surface area contributed by atoms with Gasteiger partial charge in [0.1, 0.15) is 11.5 Å². The quantitative estimate of drug-likeness (QED) is 0.568. The van der Waals surface area contributed by atoms with E-state index in [1.54, 1.807) is 19.3 Å². The molecule has 1 fully saturated rings. The Hall–Kier alpha value is -3.81. The predicted molar refractivity (Wildman–Crippen MR) is 135 cm³/mol. The van der Waals surface area contributed by atoms with E-state index in [0.717, 1.165) is 35.3 Å². The molecule has 0 atom stereocenters. The molecule has 35 heavy (non-hydrogen) atoms. The number of amides is 2. The van der Waals surface area contributed by atoms with Gasteiger partial charge in [-0.15, -0.1) is 0 Å². The molecule has 0 bridgehead atoms. The van der Waals surface area contributed by atoms with Crippen LogP contribution in [0.2, 0.25) is 0 Å². The molecule has 3 heterocycles. The van der Waals surface area contributed by atoms with Gasteiger partial charge in [0.2, 0.25) is 0 Å². The maximum atomic E-state index is 13.3. The Labute approximate surface area is 206 Å². The van der Waals surface area contributed by atoms with Crippen LogP contribution in [0.15, 0.2) is 48.8 Å². The van der Waals surface area contributed by atoms with Crippen molar-refractivity contribution < 1.29 is 9.59 Å². The van der Waals surface area contributed by atoms with Gasteiger partial charge in [-0.05, 0) is 62.1 Å². The van der Waals surface area contributed by atoms with E-state index in [1.807, 2.05) is 55.3 Å². The number of carbonyl (C=O) groups is 2. The number of nitrogens with zero attached hydrogens (tertiary/aromatic N) is 4. The second-order valence-electron chi connectivity index (χ2n) is 9.39. The van der Waals surface area contributed by atoms with Gasteiger partial charge in [-0.3, -0.25) is 14.6 Å². The van der Waals surface area contributed by atoms with E-state index in [-0.39, 0.29) is 17.2 Å². The van der Waals surface area contributed by atoms with Gasteiger partial charge in [-0.1, -0.05) is 19.1 Å². The van der Waals surface area contributed by atoms with Crippen molar-refractivity contribution in [2.75, 3.05) is 25.5 Å². The first-order valence-corrected chi connectivity index (χ1v) is 11.9. The number of aromatic nitrogens is 3. The predicted octanol–water partition coefficient (Wildman–Crippen LogP) is 3.65. The molecule has 2 amide bonds. The zero-order valence-corrected chi connectivity index (χ0v) is 20.8. The number of nitrogens with one attached hydrogen (secondary N) is 2. The molecule has 2 N–H and O–H groups in total. The Morgan fingerprint density at radius 2 is 1.86 bits per heavy atom. The van der Waals surface area contributed by atoms with Crippen LogP contribution in [0.5, 0.6) is 0 Å². The van der Waals surface area contributed by atoms with Crippen molar-refractivity contribution in [2.45, 2.75) is 45.6 Å². The van der Waals surface area contributed by atoms with E-state index in [4.69, 9.17) is 0 Å². The lowest BCUT2D eigenvalue weighted by atomic mass is 9.79. The molecule has 1 aromatic carbocycles. The van der Waals surface area contributed by atoms with Gasteiger partial charge in [0, 0.05) is 61.4 Å². The van der Waals surface area contributed by atoms with Crippen LogP contribution in [0, 0.1) is 13.8 Å². The van der Waals surface area contributed by atoms with Crippen LogP contribution in [-0.4, -0.2) is 51.8 Å². The summed E-state index contributed by atoms with van der Waals surface area (Å²) in [6, 6.07) is 11.4. The molecule has 0 radical (unpaired) electrons. The molecule has 1 saturated heterocycles. The number of carbonyl (C=O) groups excluding carboxylic acids is 2. The lowest BCUT2D eigenvalue weighted by Crippen LogP contribution is -2.44. The standard InChI is InChI=1S/C27H32N6O2/c1-18-7-8-21(15-22(18)30-17-20-6-5-11-29-16-20)25(35)33-12-9-27(3,10-13-33)26-31-19(2)14-23(32-26)24(34)28-4/h5-8,11,14-16,30H,9-10,12-13,17H2,1-4H3,(H,28,34). The minimum Gasteiger partial charge on any atom is -0.381 e. The minimum absolute atomic E-state index is 0.0210. The van der Waals surface area contributed by atoms with Crippen molar-refractivity contribution in [3.8, 4) is 0 Å². The van der Waals surface area contributed by atoms with Gasteiger partial charge >= 0.3 is 0 Å². The molecule has 0 saturated carbocycles. The fraction of sp³-hybridized carbons (Fsp3) is 0.370. The maximum Gasteiger partial charge on any atom is 0.269 e. The molecule has 4 rings (SSSR count). The van der Waals surface area contributed by atoms with Crippen molar-refractivity contribution in [2.24, 2.45) is 0 Å². The third-order valence-corrected chi connectivity index (χ3v) is 6.70. The first-order chi connectivity index (χ1) is 16.8. The van der Waals surface area contributed by atoms with E-state index < -0.39 is 0 Å². The SMILES string of the molecule is CNC(=O)c1cc(C)nc(C2(C)CCN(C(=O)c3ccc(C)c(NCc4cccnc4)c3)CC2)n1. The van der Waals surface area contributed by atoms with Gasteiger partial charge in [0.25, 0.3) is 11.8 Å². The smallest absolute Gasteiger partial charge is 0.269 e. The third kappa shape index (κ3) is 5.48. The zero-order valence-electron chi connectivity index (χ0n) is 20.8. The molecule has 3 aromatic rings. The summed E-state index contributed by atoms with van der Waals surface area (Å²) in [6.45, 7) is 7.87. The second-order valence-corrected chi connectivity index (χ2v) is 9.39. The number of piperidine rings is 1. The highest BCUT2D eigenvalue weighted by atomic mass is 16.2. The molecule has 1 aliphatic rings. The average molecular weight is 473 g/mol. The first kappa shape index (κ1) is 24.3. The largest absolute Gasteiger partial charge is 0.381 e. The molecule has 8 nitrogen and oxygen atoms in total. The number of anilines is 1. The highest BCUT2D eigenvalue weighted by Gasteiger charge is 2.36. The Kier molecular flexibility index (Phi) is 7.10. The number of likely N-dealkylation sites (tertiary alicyclic amines) is 1. The molecule has 8 heteroatoms. The van der Waals surface area contributed by atoms with Gasteiger partial charge < -0.3 is 15.5 Å². The van der Waals surface area contributed by atoms with Crippen LogP contribution >= 0.6 is 0 Å². The van der Waals surface area contributed by atoms with Gasteiger partial charge in [-0.2, -0.15) is 0 Å². The summed E-state index contributed by atoms with van der Waals surface area (Å²) in [4.78, 5) is 40.7. The van der Waals surface area contributed by atoms with Crippen LogP contribution < -0.4 is 10.6 Å². The molecule has 1 aliphatic heterocycles. The average Bonchev–Trinajstić information content (AvgIpc) is 2.88. The Bertz CT molecular complexity index is 1220. The highest BCUT2D eigenvalue weighted by Crippen LogP contribution is 2.34. The Morgan fingerprint density at radius 3 is 2.54 bits per heavy atom. The monoisotopic (exact) mass is 472 g/mol. The van der Waals surface area contributed by atoms with E-state index >= 15 is 0 Å². The van der Waals surface area contributed by atoms with Crippen LogP contribution in [-0.2, 0) is 12.0 Å². The van der Waals surface area contributed by atoms with E-state index in [9.17, 15) is 9.59 Å². The first-order valence-electron chi connectivity index (χ1n) is 11.9. The number of hydrogen-bond acceptors (Lipinski definition) is 6. The molecular formula is C27H32N6O2. The number of pyridine rings is 1. The molecule has 0 spiro atoms. The Morgan fingerprint density at radius 1 is 1.09 bits per heavy atom. The van der Waals surface area contributed by atoms with Gasteiger partial charge in [-0.25, -0.2) is 9.97 Å². The number of benzene rings is 1. The summed E-state index contributed by atoms with van der Waals surface area (Å²) in [5.41, 5.74) is 4.62. The zero-order chi connectivity index (χ0) is 25.0. The van der Waals surface area contributed by atoms with Crippen LogP contribution in [0.25, 0.3) is 0 Å². The normalized spacial score (nSPS) is 14.9. The van der Waals surface area contributed by atoms with Crippen LogP contribution in [0.4, 0.5) is 5.69 Å². The molecular weight excluding hydrogens is 440 g/mol. The van der Waals surface area contributed by atoms with Gasteiger partial charge in [0.15, 0.2) is 0 Å². The van der Waals surface area contributed by atoms with Crippen molar-refractivity contribution in [3.05, 3.63) is 82.7 Å². The fourth-order valence-electron chi connectivity index (χ4n) is 4.34. The fourth-order valence-corrected chi connectivity index (χ4v) is 4.34. The molecule has 182 valence electrons. The summed E-state index contributed by atoms with van der Waals surface area (Å²) in [7, 11) is 1.59. The van der Waals surface area contributed by atoms with E-state index in [0.29, 0.717) is 36.7 Å². The summed E-state index contributed by atoms with van der Waals surface area (Å²) in [5, 5.41) is 6.05. The topological polar surface area (TPSA) is 100 Å². The Balaban J connectivity index is 1.45. The minimum atomic E-state index is -0.296. The molecule has 2 aromatic heterocycles. The summed E-state index contributed by atoms with van der Waals surface area (Å²) >= 11 is 0. The summed E-state index contributed by atoms with van der Waals surface area (Å²) in [5.74, 6) is 0.466.